The Bertz CT molecular complexity index is 396. The second-order valence-electron chi connectivity index (χ2n) is 8.34. The van der Waals surface area contributed by atoms with Crippen LogP contribution in [0.3, 0.4) is 0 Å². The zero-order chi connectivity index (χ0) is 17.4. The van der Waals surface area contributed by atoms with Crippen molar-refractivity contribution in [3.05, 3.63) is 11.6 Å². The van der Waals surface area contributed by atoms with Gasteiger partial charge in [0.2, 0.25) is 0 Å². The molecule has 0 bridgehead atoms. The lowest BCUT2D eigenvalue weighted by Gasteiger charge is -2.32. The Morgan fingerprint density at radius 1 is 0.833 bits per heavy atom. The van der Waals surface area contributed by atoms with Gasteiger partial charge in [0.05, 0.1) is 0 Å². The largest absolute Gasteiger partial charge is 0.478 e. The number of carboxylic acids is 1. The van der Waals surface area contributed by atoms with E-state index in [4.69, 9.17) is 0 Å². The second-order valence-corrected chi connectivity index (χ2v) is 8.34. The van der Waals surface area contributed by atoms with Crippen LogP contribution in [0, 0.1) is 23.7 Å². The first-order valence-corrected chi connectivity index (χ1v) is 10.6. The van der Waals surface area contributed by atoms with Crippen molar-refractivity contribution in [2.24, 2.45) is 23.7 Å². The van der Waals surface area contributed by atoms with Crippen LogP contribution < -0.4 is 0 Å². The van der Waals surface area contributed by atoms with E-state index in [1.54, 1.807) is 0 Å². The van der Waals surface area contributed by atoms with Crippen LogP contribution in [0.5, 0.6) is 0 Å². The van der Waals surface area contributed by atoms with Crippen molar-refractivity contribution in [1.29, 1.82) is 0 Å². The highest BCUT2D eigenvalue weighted by molar-refractivity contribution is 5.87. The summed E-state index contributed by atoms with van der Waals surface area (Å²) < 4.78 is 0. The van der Waals surface area contributed by atoms with Crippen LogP contribution in [-0.2, 0) is 4.79 Å². The fraction of sp³-hybridized carbons (Fsp3) is 0.864. The third-order valence-corrected chi connectivity index (χ3v) is 6.60. The summed E-state index contributed by atoms with van der Waals surface area (Å²) in [6.45, 7) is 4.34. The molecule has 0 aliphatic heterocycles. The molecule has 0 aromatic carbocycles. The van der Waals surface area contributed by atoms with E-state index in [1.807, 2.05) is 13.0 Å². The van der Waals surface area contributed by atoms with Gasteiger partial charge in [0.1, 0.15) is 0 Å². The van der Waals surface area contributed by atoms with Crippen molar-refractivity contribution in [3.63, 3.8) is 0 Å². The molecule has 0 amide bonds. The first-order valence-electron chi connectivity index (χ1n) is 10.6. The summed E-state index contributed by atoms with van der Waals surface area (Å²) in [7, 11) is 0. The van der Waals surface area contributed by atoms with Gasteiger partial charge in [-0.2, -0.15) is 0 Å². The number of aliphatic carboxylic acids is 1. The Labute approximate surface area is 149 Å². The molecule has 2 aliphatic carbocycles. The Morgan fingerprint density at radius 3 is 1.71 bits per heavy atom. The van der Waals surface area contributed by atoms with E-state index in [-0.39, 0.29) is 0 Å². The first-order chi connectivity index (χ1) is 11.6. The lowest BCUT2D eigenvalue weighted by molar-refractivity contribution is -0.133. The van der Waals surface area contributed by atoms with Crippen molar-refractivity contribution in [2.45, 2.75) is 97.3 Å². The van der Waals surface area contributed by atoms with Crippen LogP contribution in [0.1, 0.15) is 97.3 Å². The van der Waals surface area contributed by atoms with Gasteiger partial charge >= 0.3 is 5.97 Å². The van der Waals surface area contributed by atoms with Gasteiger partial charge in [0, 0.05) is 5.57 Å². The van der Waals surface area contributed by atoms with Gasteiger partial charge in [-0.3, -0.25) is 0 Å². The molecule has 0 radical (unpaired) electrons. The van der Waals surface area contributed by atoms with Gasteiger partial charge in [-0.15, -0.1) is 0 Å². The molecule has 2 nitrogen and oxygen atoms in total. The van der Waals surface area contributed by atoms with E-state index < -0.39 is 5.97 Å². The fourth-order valence-corrected chi connectivity index (χ4v) is 5.10. The topological polar surface area (TPSA) is 37.3 Å². The molecule has 2 heteroatoms. The van der Waals surface area contributed by atoms with Crippen LogP contribution in [-0.4, -0.2) is 11.1 Å². The molecular weight excluding hydrogens is 296 g/mol. The molecule has 138 valence electrons. The van der Waals surface area contributed by atoms with E-state index >= 15 is 0 Å². The summed E-state index contributed by atoms with van der Waals surface area (Å²) in [6.07, 6.45) is 18.9. The number of carbonyl (C=O) groups is 1. The highest BCUT2D eigenvalue weighted by atomic mass is 16.4. The highest BCUT2D eigenvalue weighted by Gasteiger charge is 2.27. The minimum absolute atomic E-state index is 0.309. The normalized spacial score (nSPS) is 31.8. The standard InChI is InChI=1S/C22H38O2/c1-3-5-17-7-9-18(10-8-17)11-12-19-13-15-20(16-14-19)21(6-4-2)22(23)24/h6,17-20H,3-5,7-16H2,1-2H3,(H,23,24)/t17-,18-,19-,20-. The van der Waals surface area contributed by atoms with E-state index in [1.165, 1.54) is 64.2 Å². The summed E-state index contributed by atoms with van der Waals surface area (Å²) in [4.78, 5) is 11.4. The first kappa shape index (κ1) is 19.5. The van der Waals surface area contributed by atoms with E-state index in [0.717, 1.165) is 37.0 Å². The minimum atomic E-state index is -0.691. The number of hydrogen-bond acceptors (Lipinski definition) is 1. The molecule has 0 aromatic rings. The molecule has 0 spiro atoms. The molecule has 1 N–H and O–H groups in total. The van der Waals surface area contributed by atoms with Crippen LogP contribution in [0.25, 0.3) is 0 Å². The quantitative estimate of drug-likeness (QED) is 0.508. The summed E-state index contributed by atoms with van der Waals surface area (Å²) in [5.41, 5.74) is 0.685. The zero-order valence-electron chi connectivity index (χ0n) is 15.9. The molecule has 0 saturated heterocycles. The smallest absolute Gasteiger partial charge is 0.331 e. The van der Waals surface area contributed by atoms with Gasteiger partial charge in [-0.25, -0.2) is 4.79 Å². The molecule has 24 heavy (non-hydrogen) atoms. The van der Waals surface area contributed by atoms with Gasteiger partial charge in [-0.1, -0.05) is 71.3 Å². The average molecular weight is 335 g/mol. The Kier molecular flexibility index (Phi) is 8.35. The molecule has 0 heterocycles. The number of carboxylic acid groups (broad SMARTS) is 1. The monoisotopic (exact) mass is 334 g/mol. The van der Waals surface area contributed by atoms with Crippen molar-refractivity contribution in [1.82, 2.24) is 0 Å². The molecule has 2 saturated carbocycles. The van der Waals surface area contributed by atoms with Crippen molar-refractivity contribution >= 4 is 5.97 Å². The molecule has 2 aliphatic rings. The predicted octanol–water partition coefficient (Wildman–Crippen LogP) is 6.60. The zero-order valence-corrected chi connectivity index (χ0v) is 15.9. The summed E-state index contributed by atoms with van der Waals surface area (Å²) in [5, 5.41) is 9.39. The van der Waals surface area contributed by atoms with Crippen molar-refractivity contribution in [3.8, 4) is 0 Å². The van der Waals surface area contributed by atoms with Crippen molar-refractivity contribution < 1.29 is 9.90 Å². The van der Waals surface area contributed by atoms with Gasteiger partial charge in [0.15, 0.2) is 0 Å². The van der Waals surface area contributed by atoms with E-state index in [9.17, 15) is 9.90 Å². The van der Waals surface area contributed by atoms with E-state index in [2.05, 4.69) is 6.92 Å². The molecule has 0 aromatic heterocycles. The maximum Gasteiger partial charge on any atom is 0.331 e. The SMILES string of the molecule is CCC=C(C(=O)O)[C@H]1CC[C@H](CC[C@H]2CC[C@H](CCC)CC2)CC1. The van der Waals surface area contributed by atoms with Crippen LogP contribution >= 0.6 is 0 Å². The molecular formula is C22H38O2. The highest BCUT2D eigenvalue weighted by Crippen LogP contribution is 2.39. The number of hydrogen-bond donors (Lipinski definition) is 1. The number of allylic oxidation sites excluding steroid dienone is 1. The maximum atomic E-state index is 11.4. The van der Waals surface area contributed by atoms with Gasteiger partial charge in [0.25, 0.3) is 0 Å². The molecule has 2 fully saturated rings. The molecule has 0 unspecified atom stereocenters. The lowest BCUT2D eigenvalue weighted by atomic mass is 9.73. The van der Waals surface area contributed by atoms with E-state index in [0.29, 0.717) is 11.5 Å². The lowest BCUT2D eigenvalue weighted by Crippen LogP contribution is -2.21. The Balaban J connectivity index is 1.67. The molecule has 2 rings (SSSR count). The third-order valence-electron chi connectivity index (χ3n) is 6.60. The Hall–Kier alpha value is -0.790. The van der Waals surface area contributed by atoms with Crippen LogP contribution in [0.4, 0.5) is 0 Å². The second kappa shape index (κ2) is 10.3. The van der Waals surface area contributed by atoms with Crippen molar-refractivity contribution in [2.75, 3.05) is 0 Å². The third kappa shape index (κ3) is 5.93. The minimum Gasteiger partial charge on any atom is -0.478 e. The summed E-state index contributed by atoms with van der Waals surface area (Å²) in [5.74, 6) is 2.46. The summed E-state index contributed by atoms with van der Waals surface area (Å²) in [6, 6.07) is 0. The van der Waals surface area contributed by atoms with Crippen LogP contribution in [0.15, 0.2) is 11.6 Å². The maximum absolute atomic E-state index is 11.4. The van der Waals surface area contributed by atoms with Gasteiger partial charge in [-0.05, 0) is 55.8 Å². The molecule has 0 atom stereocenters. The van der Waals surface area contributed by atoms with Gasteiger partial charge < -0.3 is 5.11 Å². The fourth-order valence-electron chi connectivity index (χ4n) is 5.10. The number of rotatable bonds is 8. The van der Waals surface area contributed by atoms with Crippen LogP contribution in [0.2, 0.25) is 0 Å². The average Bonchev–Trinajstić information content (AvgIpc) is 2.60. The predicted molar refractivity (Wildman–Crippen MR) is 101 cm³/mol. The summed E-state index contributed by atoms with van der Waals surface area (Å²) >= 11 is 0. The Morgan fingerprint density at radius 2 is 1.29 bits per heavy atom.